The molecule has 0 aliphatic carbocycles. The van der Waals surface area contributed by atoms with Gasteiger partial charge in [0, 0.05) is 26.3 Å². The lowest BCUT2D eigenvalue weighted by molar-refractivity contribution is 0.195. The number of rotatable bonds is 2. The van der Waals surface area contributed by atoms with Crippen LogP contribution in [0.4, 0.5) is 0 Å². The van der Waals surface area contributed by atoms with E-state index in [1.807, 2.05) is 17.9 Å². The fourth-order valence-electron chi connectivity index (χ4n) is 1.73. The van der Waals surface area contributed by atoms with Gasteiger partial charge < -0.3 is 5.32 Å². The summed E-state index contributed by atoms with van der Waals surface area (Å²) in [7, 11) is 1.96. The third kappa shape index (κ3) is 1.37. The topological polar surface area (TPSA) is 29.9 Å². The zero-order chi connectivity index (χ0) is 8.60. The van der Waals surface area contributed by atoms with Crippen LogP contribution >= 0.6 is 0 Å². The monoisotopic (exact) mass is 165 g/mol. The maximum Gasteiger partial charge on any atom is 0.0521 e. The summed E-state index contributed by atoms with van der Waals surface area (Å²) < 4.78 is 1.87. The lowest BCUT2D eigenvalue weighted by Gasteiger charge is -2.39. The molecule has 1 N–H and O–H groups in total. The van der Waals surface area contributed by atoms with Crippen molar-refractivity contribution in [1.29, 1.82) is 0 Å². The van der Waals surface area contributed by atoms with Crippen molar-refractivity contribution in [3.8, 4) is 0 Å². The van der Waals surface area contributed by atoms with Crippen LogP contribution in [0.2, 0.25) is 0 Å². The van der Waals surface area contributed by atoms with Gasteiger partial charge in [-0.3, -0.25) is 4.68 Å². The summed E-state index contributed by atoms with van der Waals surface area (Å²) in [4.78, 5) is 0. The van der Waals surface area contributed by atoms with Crippen molar-refractivity contribution in [2.24, 2.45) is 12.5 Å². The first-order valence-corrected chi connectivity index (χ1v) is 4.36. The third-order valence-corrected chi connectivity index (χ3v) is 2.49. The molecule has 1 aliphatic heterocycles. The van der Waals surface area contributed by atoms with Crippen LogP contribution in [0.1, 0.15) is 12.5 Å². The van der Waals surface area contributed by atoms with Gasteiger partial charge in [-0.2, -0.15) is 5.10 Å². The van der Waals surface area contributed by atoms with E-state index in [9.17, 15) is 0 Å². The SMILES string of the molecule is Cn1cc(CC2(C)CNC2)cn1. The summed E-state index contributed by atoms with van der Waals surface area (Å²) in [5.41, 5.74) is 1.82. The molecule has 0 spiro atoms. The highest BCUT2D eigenvalue weighted by Gasteiger charge is 2.31. The molecule has 1 fully saturated rings. The van der Waals surface area contributed by atoms with Crippen LogP contribution in [0.15, 0.2) is 12.4 Å². The van der Waals surface area contributed by atoms with Gasteiger partial charge in [0.25, 0.3) is 0 Å². The van der Waals surface area contributed by atoms with Gasteiger partial charge in [0.1, 0.15) is 0 Å². The van der Waals surface area contributed by atoms with Gasteiger partial charge in [0.15, 0.2) is 0 Å². The molecular weight excluding hydrogens is 150 g/mol. The molecule has 3 heteroatoms. The van der Waals surface area contributed by atoms with Crippen molar-refractivity contribution in [2.45, 2.75) is 13.3 Å². The van der Waals surface area contributed by atoms with Crippen LogP contribution in [0.5, 0.6) is 0 Å². The molecule has 0 radical (unpaired) electrons. The molecule has 0 amide bonds. The normalized spacial score (nSPS) is 20.5. The van der Waals surface area contributed by atoms with Crippen LogP contribution in [-0.4, -0.2) is 22.9 Å². The fourth-order valence-corrected chi connectivity index (χ4v) is 1.73. The van der Waals surface area contributed by atoms with Crippen molar-refractivity contribution in [2.75, 3.05) is 13.1 Å². The molecule has 66 valence electrons. The number of aromatic nitrogens is 2. The smallest absolute Gasteiger partial charge is 0.0521 e. The highest BCUT2D eigenvalue weighted by Crippen LogP contribution is 2.26. The summed E-state index contributed by atoms with van der Waals surface area (Å²) in [5.74, 6) is 0. The molecule has 0 bridgehead atoms. The number of aryl methyl sites for hydroxylation is 1. The Bertz CT molecular complexity index is 273. The summed E-state index contributed by atoms with van der Waals surface area (Å²) in [6.07, 6.45) is 5.21. The standard InChI is InChI=1S/C9H15N3/c1-9(6-10-7-9)3-8-4-11-12(2)5-8/h4-5,10H,3,6-7H2,1-2H3. The Labute approximate surface area is 72.8 Å². The highest BCUT2D eigenvalue weighted by molar-refractivity contribution is 5.09. The van der Waals surface area contributed by atoms with Gasteiger partial charge in [-0.15, -0.1) is 0 Å². The van der Waals surface area contributed by atoms with Crippen molar-refractivity contribution in [1.82, 2.24) is 15.1 Å². The van der Waals surface area contributed by atoms with E-state index in [0.717, 1.165) is 19.5 Å². The zero-order valence-corrected chi connectivity index (χ0v) is 7.67. The van der Waals surface area contributed by atoms with Crippen LogP contribution in [-0.2, 0) is 13.5 Å². The lowest BCUT2D eigenvalue weighted by atomic mass is 9.79. The number of hydrogen-bond donors (Lipinski definition) is 1. The largest absolute Gasteiger partial charge is 0.316 e. The maximum absolute atomic E-state index is 4.16. The first-order chi connectivity index (χ1) is 5.68. The Hall–Kier alpha value is -0.830. The molecule has 1 aliphatic rings. The number of nitrogens with one attached hydrogen (secondary N) is 1. The third-order valence-electron chi connectivity index (χ3n) is 2.49. The summed E-state index contributed by atoms with van der Waals surface area (Å²) in [6.45, 7) is 4.60. The molecule has 0 unspecified atom stereocenters. The predicted octanol–water partition coefficient (Wildman–Crippen LogP) is 0.572. The lowest BCUT2D eigenvalue weighted by Crippen LogP contribution is -2.52. The molecule has 1 aromatic heterocycles. The molecule has 0 aromatic carbocycles. The highest BCUT2D eigenvalue weighted by atomic mass is 15.2. The van der Waals surface area contributed by atoms with E-state index in [2.05, 4.69) is 23.5 Å². The first-order valence-electron chi connectivity index (χ1n) is 4.36. The van der Waals surface area contributed by atoms with E-state index < -0.39 is 0 Å². The predicted molar refractivity (Wildman–Crippen MR) is 47.9 cm³/mol. The van der Waals surface area contributed by atoms with Crippen LogP contribution < -0.4 is 5.32 Å². The minimum atomic E-state index is 0.475. The second kappa shape index (κ2) is 2.59. The van der Waals surface area contributed by atoms with Crippen molar-refractivity contribution in [3.05, 3.63) is 18.0 Å². The zero-order valence-electron chi connectivity index (χ0n) is 7.67. The summed E-state index contributed by atoms with van der Waals surface area (Å²) >= 11 is 0. The van der Waals surface area contributed by atoms with Gasteiger partial charge in [-0.25, -0.2) is 0 Å². The Morgan fingerprint density at radius 3 is 2.83 bits per heavy atom. The summed E-state index contributed by atoms with van der Waals surface area (Å²) in [6, 6.07) is 0. The molecular formula is C9H15N3. The quantitative estimate of drug-likeness (QED) is 0.694. The molecule has 2 rings (SSSR count). The minimum Gasteiger partial charge on any atom is -0.316 e. The van der Waals surface area contributed by atoms with Gasteiger partial charge in [-0.05, 0) is 17.4 Å². The van der Waals surface area contributed by atoms with E-state index in [-0.39, 0.29) is 0 Å². The Morgan fingerprint density at radius 1 is 1.67 bits per heavy atom. The molecule has 3 nitrogen and oxygen atoms in total. The average Bonchev–Trinajstić information content (AvgIpc) is 2.32. The van der Waals surface area contributed by atoms with Gasteiger partial charge in [0.05, 0.1) is 6.20 Å². The Morgan fingerprint density at radius 2 is 2.42 bits per heavy atom. The van der Waals surface area contributed by atoms with Crippen molar-refractivity contribution >= 4 is 0 Å². The Balaban J connectivity index is 2.03. The van der Waals surface area contributed by atoms with Crippen LogP contribution in [0.25, 0.3) is 0 Å². The second-order valence-corrected chi connectivity index (χ2v) is 4.11. The van der Waals surface area contributed by atoms with Gasteiger partial charge in [-0.1, -0.05) is 6.92 Å². The van der Waals surface area contributed by atoms with E-state index in [4.69, 9.17) is 0 Å². The first kappa shape index (κ1) is 7.80. The maximum atomic E-state index is 4.16. The number of hydrogen-bond acceptors (Lipinski definition) is 2. The molecule has 0 atom stereocenters. The van der Waals surface area contributed by atoms with Crippen LogP contribution in [0, 0.1) is 5.41 Å². The van der Waals surface area contributed by atoms with E-state index in [1.54, 1.807) is 0 Å². The average molecular weight is 165 g/mol. The van der Waals surface area contributed by atoms with Crippen LogP contribution in [0.3, 0.4) is 0 Å². The molecule has 1 aromatic rings. The molecule has 12 heavy (non-hydrogen) atoms. The second-order valence-electron chi connectivity index (χ2n) is 4.11. The van der Waals surface area contributed by atoms with E-state index in [1.165, 1.54) is 5.56 Å². The van der Waals surface area contributed by atoms with Gasteiger partial charge >= 0.3 is 0 Å². The van der Waals surface area contributed by atoms with Crippen molar-refractivity contribution in [3.63, 3.8) is 0 Å². The fraction of sp³-hybridized carbons (Fsp3) is 0.667. The Kier molecular flexibility index (Phi) is 1.68. The minimum absolute atomic E-state index is 0.475. The molecule has 1 saturated heterocycles. The molecule has 2 heterocycles. The van der Waals surface area contributed by atoms with E-state index in [0.29, 0.717) is 5.41 Å². The summed E-state index contributed by atoms with van der Waals surface area (Å²) in [5, 5.41) is 7.46. The van der Waals surface area contributed by atoms with E-state index >= 15 is 0 Å². The number of nitrogens with zero attached hydrogens (tertiary/aromatic N) is 2. The van der Waals surface area contributed by atoms with Gasteiger partial charge in [0.2, 0.25) is 0 Å². The van der Waals surface area contributed by atoms with Crippen molar-refractivity contribution < 1.29 is 0 Å². The molecule has 0 saturated carbocycles.